The van der Waals surface area contributed by atoms with Gasteiger partial charge in [-0.3, -0.25) is 0 Å². The van der Waals surface area contributed by atoms with Crippen LogP contribution in [0.2, 0.25) is 5.02 Å². The molecule has 0 aliphatic carbocycles. The lowest BCUT2D eigenvalue weighted by Crippen LogP contribution is -2.30. The number of hydrogen-bond acceptors (Lipinski definition) is 4. The molecule has 0 aromatic heterocycles. The molecule has 0 spiro atoms. The molecule has 152 valence electrons. The quantitative estimate of drug-likeness (QED) is 0.718. The first-order valence-electron chi connectivity index (χ1n) is 9.24. The molecule has 3 rings (SSSR count). The van der Waals surface area contributed by atoms with Crippen molar-refractivity contribution in [3.05, 3.63) is 47.0 Å². The van der Waals surface area contributed by atoms with Gasteiger partial charge in [-0.05, 0) is 69.0 Å². The first kappa shape index (κ1) is 21.9. The van der Waals surface area contributed by atoms with E-state index in [4.69, 9.17) is 25.8 Å². The van der Waals surface area contributed by atoms with Crippen molar-refractivity contribution in [2.45, 2.75) is 39.2 Å². The van der Waals surface area contributed by atoms with Crippen molar-refractivity contribution in [1.29, 1.82) is 0 Å². The minimum Gasteiger partial charge on any atom is -0.497 e. The molecule has 1 aliphatic heterocycles. The maximum atomic E-state index is 10.5. The van der Waals surface area contributed by atoms with Crippen molar-refractivity contribution in [1.82, 2.24) is 5.32 Å². The number of fused-ring (bicyclic) bond motifs is 1. The van der Waals surface area contributed by atoms with E-state index in [1.165, 1.54) is 12.6 Å². The van der Waals surface area contributed by atoms with Gasteiger partial charge in [0.1, 0.15) is 17.1 Å². The second-order valence-electron chi connectivity index (χ2n) is 7.37. The van der Waals surface area contributed by atoms with Crippen LogP contribution < -0.4 is 14.8 Å². The van der Waals surface area contributed by atoms with Crippen LogP contribution >= 0.6 is 11.6 Å². The fourth-order valence-electron chi connectivity index (χ4n) is 2.69. The maximum absolute atomic E-state index is 10.5. The largest absolute Gasteiger partial charge is 0.497 e. The SMILES string of the molecule is CNC(=O)OC(C)(C)C.COc1ccc(Cl)c(-c2ccc3c(c2)OCCC3)c1. The number of carbonyl (C=O) groups is 1. The lowest BCUT2D eigenvalue weighted by molar-refractivity contribution is 0.0541. The van der Waals surface area contributed by atoms with Gasteiger partial charge in [0.05, 0.1) is 13.7 Å². The molecule has 1 amide bonds. The summed E-state index contributed by atoms with van der Waals surface area (Å²) in [6, 6.07) is 12.0. The van der Waals surface area contributed by atoms with Gasteiger partial charge in [-0.25, -0.2) is 4.79 Å². The van der Waals surface area contributed by atoms with Crippen LogP contribution in [0.1, 0.15) is 32.8 Å². The summed E-state index contributed by atoms with van der Waals surface area (Å²) >= 11 is 6.27. The predicted octanol–water partition coefficient (Wildman–Crippen LogP) is 5.48. The standard InChI is InChI=1S/C16H15ClO2.C6H13NO2/c1-18-13-6-7-15(17)14(10-13)12-5-4-11-3-2-8-19-16(11)9-12;1-6(2,3)9-5(8)7-4/h4-7,9-10H,2-3,8H2,1H3;1-4H3,(H,7,8). The molecule has 2 aromatic rings. The molecule has 0 saturated heterocycles. The van der Waals surface area contributed by atoms with E-state index in [-0.39, 0.29) is 11.7 Å². The van der Waals surface area contributed by atoms with Crippen LogP contribution in [-0.2, 0) is 11.2 Å². The number of aryl methyl sites for hydroxylation is 1. The zero-order valence-electron chi connectivity index (χ0n) is 17.1. The molecule has 0 fully saturated rings. The third-order valence-electron chi connectivity index (χ3n) is 4.00. The van der Waals surface area contributed by atoms with Gasteiger partial charge in [-0.1, -0.05) is 23.7 Å². The van der Waals surface area contributed by atoms with Crippen LogP contribution in [0.3, 0.4) is 0 Å². The number of halogens is 1. The Labute approximate surface area is 171 Å². The lowest BCUT2D eigenvalue weighted by Gasteiger charge is -2.18. The third kappa shape index (κ3) is 6.34. The molecule has 2 aromatic carbocycles. The Balaban J connectivity index is 0.000000266. The van der Waals surface area contributed by atoms with E-state index in [1.807, 2.05) is 39.0 Å². The van der Waals surface area contributed by atoms with Gasteiger partial charge in [-0.15, -0.1) is 0 Å². The van der Waals surface area contributed by atoms with Gasteiger partial charge >= 0.3 is 6.09 Å². The van der Waals surface area contributed by atoms with Crippen molar-refractivity contribution in [2.24, 2.45) is 0 Å². The average Bonchev–Trinajstić information content (AvgIpc) is 2.67. The van der Waals surface area contributed by atoms with Gasteiger partial charge < -0.3 is 19.5 Å². The minimum absolute atomic E-state index is 0.387. The van der Waals surface area contributed by atoms with Crippen LogP contribution in [0.5, 0.6) is 11.5 Å². The number of amides is 1. The molecule has 28 heavy (non-hydrogen) atoms. The summed E-state index contributed by atoms with van der Waals surface area (Å²) in [5, 5.41) is 3.08. The van der Waals surface area contributed by atoms with Gasteiger partial charge in [-0.2, -0.15) is 0 Å². The summed E-state index contributed by atoms with van der Waals surface area (Å²) in [5.41, 5.74) is 2.91. The van der Waals surface area contributed by atoms with Crippen LogP contribution in [-0.4, -0.2) is 32.5 Å². The van der Waals surface area contributed by atoms with Gasteiger partial charge in [0.15, 0.2) is 0 Å². The molecule has 5 nitrogen and oxygen atoms in total. The second-order valence-corrected chi connectivity index (χ2v) is 7.78. The first-order chi connectivity index (χ1) is 13.2. The van der Waals surface area contributed by atoms with Crippen molar-refractivity contribution < 1.29 is 19.0 Å². The summed E-state index contributed by atoms with van der Waals surface area (Å²) in [7, 11) is 3.19. The summed E-state index contributed by atoms with van der Waals surface area (Å²) in [6.45, 7) is 6.26. The Kier molecular flexibility index (Phi) is 7.58. The lowest BCUT2D eigenvalue weighted by atomic mass is 9.99. The van der Waals surface area contributed by atoms with Gasteiger partial charge in [0.2, 0.25) is 0 Å². The van der Waals surface area contributed by atoms with E-state index in [0.29, 0.717) is 0 Å². The normalized spacial score (nSPS) is 12.6. The summed E-state index contributed by atoms with van der Waals surface area (Å²) in [6.07, 6.45) is 1.79. The van der Waals surface area contributed by atoms with Crippen LogP contribution in [0, 0.1) is 0 Å². The zero-order valence-corrected chi connectivity index (χ0v) is 17.9. The molecule has 1 heterocycles. The van der Waals surface area contributed by atoms with E-state index in [0.717, 1.165) is 47.1 Å². The van der Waals surface area contributed by atoms with Gasteiger partial charge in [0, 0.05) is 17.6 Å². The van der Waals surface area contributed by atoms with Crippen LogP contribution in [0.25, 0.3) is 11.1 Å². The predicted molar refractivity (Wildman–Crippen MR) is 113 cm³/mol. The Morgan fingerprint density at radius 1 is 1.18 bits per heavy atom. The first-order valence-corrected chi connectivity index (χ1v) is 9.61. The molecule has 0 radical (unpaired) electrons. The third-order valence-corrected chi connectivity index (χ3v) is 4.33. The molecule has 0 atom stereocenters. The molecular weight excluding hydrogens is 378 g/mol. The van der Waals surface area contributed by atoms with Crippen LogP contribution in [0.4, 0.5) is 4.79 Å². The number of rotatable bonds is 2. The van der Waals surface area contributed by atoms with Crippen molar-refractivity contribution in [3.8, 4) is 22.6 Å². The number of nitrogens with one attached hydrogen (secondary N) is 1. The molecule has 1 N–H and O–H groups in total. The molecule has 0 saturated carbocycles. The molecule has 1 aliphatic rings. The van der Waals surface area contributed by atoms with E-state index in [2.05, 4.69) is 23.5 Å². The van der Waals surface area contributed by atoms with E-state index >= 15 is 0 Å². The highest BCUT2D eigenvalue weighted by Crippen LogP contribution is 2.35. The summed E-state index contributed by atoms with van der Waals surface area (Å²) in [4.78, 5) is 10.5. The van der Waals surface area contributed by atoms with Crippen molar-refractivity contribution in [2.75, 3.05) is 20.8 Å². The zero-order chi connectivity index (χ0) is 20.7. The molecular formula is C22H28ClNO4. The number of carbonyl (C=O) groups excluding carboxylic acids is 1. The molecule has 6 heteroatoms. The maximum Gasteiger partial charge on any atom is 0.407 e. The number of ether oxygens (including phenoxy) is 3. The average molecular weight is 406 g/mol. The fraction of sp³-hybridized carbons (Fsp3) is 0.409. The summed E-state index contributed by atoms with van der Waals surface area (Å²) < 4.78 is 15.8. The Hall–Kier alpha value is -2.40. The Morgan fingerprint density at radius 2 is 1.93 bits per heavy atom. The monoisotopic (exact) mass is 405 g/mol. The van der Waals surface area contributed by atoms with E-state index in [1.54, 1.807) is 7.11 Å². The molecule has 0 bridgehead atoms. The highest BCUT2D eigenvalue weighted by molar-refractivity contribution is 6.33. The Bertz CT molecular complexity index is 815. The van der Waals surface area contributed by atoms with Crippen molar-refractivity contribution >= 4 is 17.7 Å². The second kappa shape index (κ2) is 9.69. The minimum atomic E-state index is -0.389. The number of hydrogen-bond donors (Lipinski definition) is 1. The molecule has 0 unspecified atom stereocenters. The Morgan fingerprint density at radius 3 is 2.54 bits per heavy atom. The van der Waals surface area contributed by atoms with Gasteiger partial charge in [0.25, 0.3) is 0 Å². The highest BCUT2D eigenvalue weighted by Gasteiger charge is 2.14. The number of alkyl carbamates (subject to hydrolysis) is 1. The van der Waals surface area contributed by atoms with E-state index < -0.39 is 0 Å². The fourth-order valence-corrected chi connectivity index (χ4v) is 2.92. The smallest absolute Gasteiger partial charge is 0.407 e. The highest BCUT2D eigenvalue weighted by atomic mass is 35.5. The number of methoxy groups -OCH3 is 1. The van der Waals surface area contributed by atoms with E-state index in [9.17, 15) is 4.79 Å². The van der Waals surface area contributed by atoms with Crippen molar-refractivity contribution in [3.63, 3.8) is 0 Å². The van der Waals surface area contributed by atoms with Crippen LogP contribution in [0.15, 0.2) is 36.4 Å². The summed E-state index contributed by atoms with van der Waals surface area (Å²) in [5.74, 6) is 1.78. The number of benzene rings is 2. The topological polar surface area (TPSA) is 56.8 Å².